The minimum absolute atomic E-state index is 0.384. The van der Waals surface area contributed by atoms with Crippen LogP contribution in [-0.2, 0) is 0 Å². The summed E-state index contributed by atoms with van der Waals surface area (Å²) < 4.78 is 0. The van der Waals surface area contributed by atoms with Crippen molar-refractivity contribution in [3.63, 3.8) is 0 Å². The van der Waals surface area contributed by atoms with Gasteiger partial charge in [0.25, 0.3) is 5.91 Å². The molecular weight excluding hydrogens is 288 g/mol. The number of halogens is 1. The normalized spacial score (nSPS) is 11.3. The van der Waals surface area contributed by atoms with Crippen LogP contribution in [0.25, 0.3) is 10.8 Å². The fourth-order valence-corrected chi connectivity index (χ4v) is 2.23. The molecule has 0 atom stereocenters. The predicted octanol–water partition coefficient (Wildman–Crippen LogP) is 4.33. The zero-order chi connectivity index (χ0) is 14.8. The zero-order valence-electron chi connectivity index (χ0n) is 10.9. The second-order valence-corrected chi connectivity index (χ2v) is 4.88. The van der Waals surface area contributed by atoms with Crippen LogP contribution in [0.3, 0.4) is 0 Å². The number of benzene rings is 2. The van der Waals surface area contributed by atoms with Crippen LogP contribution in [0.15, 0.2) is 58.8 Å². The first-order chi connectivity index (χ1) is 10.1. The van der Waals surface area contributed by atoms with E-state index in [1.807, 2.05) is 24.3 Å². The summed E-state index contributed by atoms with van der Waals surface area (Å²) in [6.07, 6.45) is 0. The summed E-state index contributed by atoms with van der Waals surface area (Å²) in [6, 6.07) is 14.0. The summed E-state index contributed by atoms with van der Waals surface area (Å²) in [4.78, 5) is 14.9. The van der Waals surface area contributed by atoms with Crippen molar-refractivity contribution < 1.29 is 4.79 Å². The second-order valence-electron chi connectivity index (χ2n) is 4.45. The van der Waals surface area contributed by atoms with Crippen LogP contribution in [0.2, 0.25) is 5.02 Å². The molecule has 1 heterocycles. The minimum Gasteiger partial charge on any atom is -0.385 e. The number of aromatic nitrogens is 1. The van der Waals surface area contributed by atoms with Gasteiger partial charge in [-0.2, -0.15) is 0 Å². The highest BCUT2D eigenvalue weighted by molar-refractivity contribution is 6.30. The molecule has 2 aromatic carbocycles. The number of anilines is 1. The van der Waals surface area contributed by atoms with Crippen molar-refractivity contribution in [3.05, 3.63) is 59.1 Å². The van der Waals surface area contributed by atoms with Crippen LogP contribution >= 0.6 is 11.6 Å². The van der Waals surface area contributed by atoms with Crippen LogP contribution < -0.4 is 5.73 Å². The van der Waals surface area contributed by atoms with Gasteiger partial charge in [-0.15, -0.1) is 10.2 Å². The van der Waals surface area contributed by atoms with Gasteiger partial charge in [0, 0.05) is 21.4 Å². The number of nitrogen functional groups attached to an aromatic ring is 1. The smallest absolute Gasteiger partial charge is 0.295 e. The number of rotatable bonds is 2. The zero-order valence-corrected chi connectivity index (χ0v) is 11.6. The van der Waals surface area contributed by atoms with E-state index in [-0.39, 0.29) is 0 Å². The van der Waals surface area contributed by atoms with E-state index in [1.165, 1.54) is 0 Å². The van der Waals surface area contributed by atoms with E-state index in [0.717, 1.165) is 10.8 Å². The van der Waals surface area contributed by atoms with Crippen LogP contribution in [-0.4, -0.2) is 10.9 Å². The van der Waals surface area contributed by atoms with E-state index in [4.69, 9.17) is 17.3 Å². The lowest BCUT2D eigenvalue weighted by Gasteiger charge is -1.95. The molecule has 6 heteroatoms. The first-order valence-electron chi connectivity index (χ1n) is 6.23. The summed E-state index contributed by atoms with van der Waals surface area (Å²) in [7, 11) is 0. The number of nitrogens with one attached hydrogen (secondary N) is 1. The van der Waals surface area contributed by atoms with Gasteiger partial charge in [0.05, 0.1) is 0 Å². The van der Waals surface area contributed by atoms with Gasteiger partial charge >= 0.3 is 0 Å². The summed E-state index contributed by atoms with van der Waals surface area (Å²) in [6.45, 7) is 0. The third-order valence-corrected chi connectivity index (χ3v) is 3.27. The molecule has 21 heavy (non-hydrogen) atoms. The molecule has 0 aliphatic carbocycles. The maximum atomic E-state index is 11.9. The monoisotopic (exact) mass is 298 g/mol. The third-order valence-electron chi connectivity index (χ3n) is 3.04. The Morgan fingerprint density at radius 1 is 1.10 bits per heavy atom. The van der Waals surface area contributed by atoms with Gasteiger partial charge in [-0.05, 0) is 18.2 Å². The van der Waals surface area contributed by atoms with E-state index in [2.05, 4.69) is 15.2 Å². The highest BCUT2D eigenvalue weighted by Crippen LogP contribution is 2.30. The van der Waals surface area contributed by atoms with Crippen LogP contribution in [0, 0.1) is 0 Å². The van der Waals surface area contributed by atoms with Gasteiger partial charge in [0.2, 0.25) is 0 Å². The van der Waals surface area contributed by atoms with Crippen molar-refractivity contribution in [3.8, 4) is 0 Å². The molecule has 3 N–H and O–H groups in total. The molecule has 3 aromatic rings. The van der Waals surface area contributed by atoms with Gasteiger partial charge in [-0.1, -0.05) is 41.9 Å². The lowest BCUT2D eigenvalue weighted by molar-refractivity contribution is 0.0995. The number of azo groups is 1. The molecule has 0 saturated heterocycles. The Bertz CT molecular complexity index is 854. The number of H-pyrrole nitrogens is 1. The molecule has 0 spiro atoms. The highest BCUT2D eigenvalue weighted by atomic mass is 35.5. The molecule has 0 radical (unpaired) electrons. The molecule has 5 nitrogen and oxygen atoms in total. The summed E-state index contributed by atoms with van der Waals surface area (Å²) in [5.41, 5.74) is 6.24. The van der Waals surface area contributed by atoms with Gasteiger partial charge in [0.1, 0.15) is 5.82 Å². The number of hydrogen-bond donors (Lipinski definition) is 2. The molecular formula is C15H11ClN4O. The Balaban J connectivity index is 1.93. The van der Waals surface area contributed by atoms with E-state index in [1.54, 1.807) is 24.3 Å². The topological polar surface area (TPSA) is 83.6 Å². The minimum atomic E-state index is -0.463. The van der Waals surface area contributed by atoms with Crippen molar-refractivity contribution in [2.75, 3.05) is 5.73 Å². The summed E-state index contributed by atoms with van der Waals surface area (Å²) in [5.74, 6) is 0.489. The van der Waals surface area contributed by atoms with Gasteiger partial charge < -0.3 is 10.7 Å². The molecule has 1 aromatic heterocycles. The van der Waals surface area contributed by atoms with E-state index >= 15 is 0 Å². The number of nitrogens with two attached hydrogens (primary N) is 1. The standard InChI is InChI=1S/C15H11ClN4O/c16-10-5-3-4-9(8-10)15(21)20-19-14-12-7-2-1-6-11(12)13(17)18-14/h1-8,18H,17H2. The van der Waals surface area contributed by atoms with Crippen molar-refractivity contribution >= 4 is 39.9 Å². The third kappa shape index (κ3) is 2.64. The Morgan fingerprint density at radius 2 is 1.86 bits per heavy atom. The maximum absolute atomic E-state index is 11.9. The average molecular weight is 299 g/mol. The molecule has 1 amide bonds. The number of carbonyl (C=O) groups excluding carboxylic acids is 1. The highest BCUT2D eigenvalue weighted by Gasteiger charge is 2.08. The second kappa shape index (κ2) is 5.38. The number of carbonyl (C=O) groups is 1. The first-order valence-corrected chi connectivity index (χ1v) is 6.61. The van der Waals surface area contributed by atoms with Crippen LogP contribution in [0.4, 0.5) is 11.6 Å². The fraction of sp³-hybridized carbons (Fsp3) is 0. The van der Waals surface area contributed by atoms with Crippen LogP contribution in [0.1, 0.15) is 10.4 Å². The lowest BCUT2D eigenvalue weighted by atomic mass is 10.2. The van der Waals surface area contributed by atoms with Crippen molar-refractivity contribution in [1.82, 2.24) is 4.98 Å². The predicted molar refractivity (Wildman–Crippen MR) is 83.0 cm³/mol. The van der Waals surface area contributed by atoms with E-state index in [0.29, 0.717) is 22.2 Å². The lowest BCUT2D eigenvalue weighted by Crippen LogP contribution is -1.92. The van der Waals surface area contributed by atoms with Crippen LogP contribution in [0.5, 0.6) is 0 Å². The Hall–Kier alpha value is -2.66. The SMILES string of the molecule is Nc1[nH]c(N=NC(=O)c2cccc(Cl)c2)c2ccccc12. The Kier molecular flexibility index (Phi) is 3.41. The largest absolute Gasteiger partial charge is 0.385 e. The van der Waals surface area contributed by atoms with Crippen molar-refractivity contribution in [1.29, 1.82) is 0 Å². The summed E-state index contributed by atoms with van der Waals surface area (Å²) in [5, 5.41) is 9.81. The molecule has 0 aliphatic heterocycles. The molecule has 3 rings (SSSR count). The Morgan fingerprint density at radius 3 is 2.62 bits per heavy atom. The molecule has 0 saturated carbocycles. The van der Waals surface area contributed by atoms with E-state index in [9.17, 15) is 4.79 Å². The summed E-state index contributed by atoms with van der Waals surface area (Å²) >= 11 is 5.84. The average Bonchev–Trinajstić information content (AvgIpc) is 2.82. The first kappa shape index (κ1) is 13.3. The number of aromatic amines is 1. The van der Waals surface area contributed by atoms with Gasteiger partial charge in [-0.3, -0.25) is 4.79 Å². The van der Waals surface area contributed by atoms with Gasteiger partial charge in [0.15, 0.2) is 5.82 Å². The number of hydrogen-bond acceptors (Lipinski definition) is 3. The molecule has 104 valence electrons. The van der Waals surface area contributed by atoms with Gasteiger partial charge in [-0.25, -0.2) is 0 Å². The molecule has 0 unspecified atom stereocenters. The number of nitrogens with zero attached hydrogens (tertiary/aromatic N) is 2. The molecule has 0 aliphatic rings. The number of amides is 1. The molecule has 0 fully saturated rings. The van der Waals surface area contributed by atoms with E-state index < -0.39 is 5.91 Å². The van der Waals surface area contributed by atoms with Crippen molar-refractivity contribution in [2.45, 2.75) is 0 Å². The molecule has 0 bridgehead atoms. The number of fused-ring (bicyclic) bond motifs is 1. The Labute approximate surface area is 125 Å². The quantitative estimate of drug-likeness (QED) is 0.690. The van der Waals surface area contributed by atoms with Crippen molar-refractivity contribution in [2.24, 2.45) is 10.2 Å². The maximum Gasteiger partial charge on any atom is 0.295 e. The fourth-order valence-electron chi connectivity index (χ4n) is 2.04.